The summed E-state index contributed by atoms with van der Waals surface area (Å²) >= 11 is 2.23. The second kappa shape index (κ2) is 3.43. The molecule has 2 rings (SSSR count). The fourth-order valence-electron chi connectivity index (χ4n) is 2.02. The minimum atomic E-state index is -0.530. The standard InChI is InChI=1S/C10H15IO3/c1-5-4-6(12)7(11)9-8(5)13-10(2,3)14-9/h4,6-9,12H,1-3H3/t6-,7+,8-,9+/m1/s1. The molecule has 0 saturated carbocycles. The molecule has 0 aromatic carbocycles. The summed E-state index contributed by atoms with van der Waals surface area (Å²) in [5.41, 5.74) is 1.07. The van der Waals surface area contributed by atoms with Crippen molar-refractivity contribution in [3.8, 4) is 0 Å². The Kier molecular flexibility index (Phi) is 2.66. The topological polar surface area (TPSA) is 38.7 Å². The number of halogens is 1. The summed E-state index contributed by atoms with van der Waals surface area (Å²) in [6.45, 7) is 5.80. The van der Waals surface area contributed by atoms with Crippen molar-refractivity contribution >= 4 is 22.6 Å². The summed E-state index contributed by atoms with van der Waals surface area (Å²) in [5.74, 6) is -0.530. The maximum atomic E-state index is 9.75. The molecule has 14 heavy (non-hydrogen) atoms. The number of alkyl halides is 1. The molecule has 4 atom stereocenters. The summed E-state index contributed by atoms with van der Waals surface area (Å²) in [7, 11) is 0. The second-order valence-corrected chi connectivity index (χ2v) is 5.80. The van der Waals surface area contributed by atoms with Gasteiger partial charge in [-0.3, -0.25) is 0 Å². The van der Waals surface area contributed by atoms with Gasteiger partial charge in [0.15, 0.2) is 5.79 Å². The molecule has 3 nitrogen and oxygen atoms in total. The van der Waals surface area contributed by atoms with E-state index in [4.69, 9.17) is 9.47 Å². The Bertz CT molecular complexity index is 275. The van der Waals surface area contributed by atoms with Crippen LogP contribution in [0.25, 0.3) is 0 Å². The van der Waals surface area contributed by atoms with Crippen molar-refractivity contribution < 1.29 is 14.6 Å². The van der Waals surface area contributed by atoms with Crippen LogP contribution in [0, 0.1) is 0 Å². The second-order valence-electron chi connectivity index (χ2n) is 4.37. The Morgan fingerprint density at radius 2 is 2.07 bits per heavy atom. The van der Waals surface area contributed by atoms with Gasteiger partial charge in [0.2, 0.25) is 0 Å². The lowest BCUT2D eigenvalue weighted by molar-refractivity contribution is -0.143. The number of aliphatic hydroxyl groups is 1. The highest BCUT2D eigenvalue weighted by Crippen LogP contribution is 2.39. The molecule has 1 aliphatic carbocycles. The summed E-state index contributed by atoms with van der Waals surface area (Å²) in [4.78, 5) is 0. The number of aliphatic hydroxyl groups excluding tert-OH is 1. The molecule has 1 N–H and O–H groups in total. The van der Waals surface area contributed by atoms with Crippen LogP contribution in [0.1, 0.15) is 20.8 Å². The van der Waals surface area contributed by atoms with E-state index in [1.807, 2.05) is 26.8 Å². The SMILES string of the molecule is CC1=C[C@@H](O)[C@H](I)[C@@H]2OC(C)(C)O[C@H]12. The van der Waals surface area contributed by atoms with Crippen molar-refractivity contribution in [2.45, 2.75) is 48.8 Å². The van der Waals surface area contributed by atoms with E-state index in [9.17, 15) is 5.11 Å². The number of fused-ring (bicyclic) bond motifs is 1. The van der Waals surface area contributed by atoms with Gasteiger partial charge < -0.3 is 14.6 Å². The molecule has 1 saturated heterocycles. The predicted molar refractivity (Wildman–Crippen MR) is 61.4 cm³/mol. The Morgan fingerprint density at radius 3 is 2.71 bits per heavy atom. The first-order chi connectivity index (χ1) is 6.41. The van der Waals surface area contributed by atoms with Gasteiger partial charge in [-0.15, -0.1) is 0 Å². The first kappa shape index (κ1) is 10.9. The van der Waals surface area contributed by atoms with Gasteiger partial charge >= 0.3 is 0 Å². The summed E-state index contributed by atoms with van der Waals surface area (Å²) in [6, 6.07) is 0. The number of hydrogen-bond donors (Lipinski definition) is 1. The third-order valence-electron chi connectivity index (χ3n) is 2.65. The minimum Gasteiger partial charge on any atom is -0.388 e. The van der Waals surface area contributed by atoms with E-state index in [2.05, 4.69) is 22.6 Å². The monoisotopic (exact) mass is 310 g/mol. The van der Waals surface area contributed by atoms with E-state index in [1.165, 1.54) is 0 Å². The number of rotatable bonds is 0. The average molecular weight is 310 g/mol. The van der Waals surface area contributed by atoms with Crippen LogP contribution in [-0.4, -0.2) is 33.1 Å². The van der Waals surface area contributed by atoms with Crippen LogP contribution in [-0.2, 0) is 9.47 Å². The van der Waals surface area contributed by atoms with Crippen molar-refractivity contribution in [2.75, 3.05) is 0 Å². The van der Waals surface area contributed by atoms with Crippen molar-refractivity contribution in [3.05, 3.63) is 11.6 Å². The number of hydrogen-bond acceptors (Lipinski definition) is 3. The molecule has 0 unspecified atom stereocenters. The summed E-state index contributed by atoms with van der Waals surface area (Å²) in [5, 5.41) is 9.75. The molecule has 0 aromatic rings. The van der Waals surface area contributed by atoms with E-state index >= 15 is 0 Å². The van der Waals surface area contributed by atoms with Crippen LogP contribution < -0.4 is 0 Å². The lowest BCUT2D eigenvalue weighted by Crippen LogP contribution is -2.42. The zero-order chi connectivity index (χ0) is 10.5. The quantitative estimate of drug-likeness (QED) is 0.420. The van der Waals surface area contributed by atoms with E-state index in [-0.39, 0.29) is 16.1 Å². The molecular formula is C10H15IO3. The highest BCUT2D eigenvalue weighted by atomic mass is 127. The third-order valence-corrected chi connectivity index (χ3v) is 4.10. The average Bonchev–Trinajstić information content (AvgIpc) is 2.38. The maximum Gasteiger partial charge on any atom is 0.164 e. The van der Waals surface area contributed by atoms with E-state index in [0.29, 0.717) is 0 Å². The zero-order valence-corrected chi connectivity index (χ0v) is 10.7. The van der Waals surface area contributed by atoms with E-state index < -0.39 is 11.9 Å². The van der Waals surface area contributed by atoms with Gasteiger partial charge in [0.1, 0.15) is 12.2 Å². The highest BCUT2D eigenvalue weighted by Gasteiger charge is 2.48. The number of ether oxygens (including phenoxy) is 2. The van der Waals surface area contributed by atoms with Crippen LogP contribution in [0.3, 0.4) is 0 Å². The first-order valence-corrected chi connectivity index (χ1v) is 6.01. The van der Waals surface area contributed by atoms with E-state index in [1.54, 1.807) is 0 Å². The van der Waals surface area contributed by atoms with E-state index in [0.717, 1.165) is 5.57 Å². The summed E-state index contributed by atoms with van der Waals surface area (Å²) < 4.78 is 11.6. The molecule has 1 fully saturated rings. The fourth-order valence-corrected chi connectivity index (χ4v) is 2.76. The van der Waals surface area contributed by atoms with Crippen LogP contribution in [0.2, 0.25) is 0 Å². The lowest BCUT2D eigenvalue weighted by atomic mass is 9.93. The molecule has 0 aromatic heterocycles. The van der Waals surface area contributed by atoms with Gasteiger partial charge in [-0.1, -0.05) is 28.7 Å². The minimum absolute atomic E-state index is 0.00954. The van der Waals surface area contributed by atoms with Crippen LogP contribution in [0.4, 0.5) is 0 Å². The Morgan fingerprint density at radius 1 is 1.43 bits per heavy atom. The molecule has 1 heterocycles. The molecule has 1 aliphatic heterocycles. The van der Waals surface area contributed by atoms with Crippen molar-refractivity contribution in [1.82, 2.24) is 0 Å². The first-order valence-electron chi connectivity index (χ1n) is 4.77. The lowest BCUT2D eigenvalue weighted by Gasteiger charge is -2.30. The van der Waals surface area contributed by atoms with Crippen molar-refractivity contribution in [2.24, 2.45) is 0 Å². The van der Waals surface area contributed by atoms with Crippen LogP contribution >= 0.6 is 22.6 Å². The molecule has 0 radical (unpaired) electrons. The Hall–Kier alpha value is 0.350. The predicted octanol–water partition coefficient (Wildman–Crippen LogP) is 1.63. The van der Waals surface area contributed by atoms with Gasteiger partial charge in [-0.05, 0) is 26.3 Å². The molecular weight excluding hydrogens is 295 g/mol. The molecule has 2 aliphatic rings. The van der Waals surface area contributed by atoms with Crippen molar-refractivity contribution in [1.29, 1.82) is 0 Å². The molecule has 0 bridgehead atoms. The zero-order valence-electron chi connectivity index (χ0n) is 8.53. The fraction of sp³-hybridized carbons (Fsp3) is 0.800. The van der Waals surface area contributed by atoms with Gasteiger partial charge in [-0.25, -0.2) is 0 Å². The van der Waals surface area contributed by atoms with Gasteiger partial charge in [0.25, 0.3) is 0 Å². The highest BCUT2D eigenvalue weighted by molar-refractivity contribution is 14.1. The Balaban J connectivity index is 2.27. The normalized spacial score (nSPS) is 45.9. The smallest absolute Gasteiger partial charge is 0.164 e. The Labute approximate surface area is 97.6 Å². The van der Waals surface area contributed by atoms with Crippen molar-refractivity contribution in [3.63, 3.8) is 0 Å². The molecule has 80 valence electrons. The molecule has 0 spiro atoms. The van der Waals surface area contributed by atoms with Gasteiger partial charge in [-0.2, -0.15) is 0 Å². The van der Waals surface area contributed by atoms with Gasteiger partial charge in [0.05, 0.1) is 10.0 Å². The molecule has 0 amide bonds. The van der Waals surface area contributed by atoms with Gasteiger partial charge in [0, 0.05) is 0 Å². The van der Waals surface area contributed by atoms with Crippen LogP contribution in [0.15, 0.2) is 11.6 Å². The largest absolute Gasteiger partial charge is 0.388 e. The molecule has 4 heteroatoms. The van der Waals surface area contributed by atoms with Crippen LogP contribution in [0.5, 0.6) is 0 Å². The maximum absolute atomic E-state index is 9.75. The third kappa shape index (κ3) is 1.73. The summed E-state index contributed by atoms with van der Waals surface area (Å²) in [6.07, 6.45) is 1.43.